The van der Waals surface area contributed by atoms with Crippen molar-refractivity contribution in [3.63, 3.8) is 0 Å². The van der Waals surface area contributed by atoms with Crippen LogP contribution in [-0.4, -0.2) is 33.7 Å². The van der Waals surface area contributed by atoms with Crippen LogP contribution < -0.4 is 0 Å². The zero-order valence-corrected chi connectivity index (χ0v) is 14.3. The molecule has 1 aromatic carbocycles. The molecule has 1 aromatic heterocycles. The van der Waals surface area contributed by atoms with Gasteiger partial charge in [-0.25, -0.2) is 4.79 Å². The second kappa shape index (κ2) is 8.32. The van der Waals surface area contributed by atoms with Gasteiger partial charge >= 0.3 is 5.97 Å². The molecule has 0 spiro atoms. The lowest BCUT2D eigenvalue weighted by Gasteiger charge is -2.31. The minimum atomic E-state index is -0.900. The second-order valence-electron chi connectivity index (χ2n) is 6.75. The van der Waals surface area contributed by atoms with Crippen LogP contribution in [0.5, 0.6) is 0 Å². The van der Waals surface area contributed by atoms with Gasteiger partial charge in [0.05, 0.1) is 11.8 Å². The van der Waals surface area contributed by atoms with Gasteiger partial charge in [-0.2, -0.15) is 0 Å². The van der Waals surface area contributed by atoms with Crippen LogP contribution in [0.25, 0.3) is 0 Å². The third-order valence-corrected chi connectivity index (χ3v) is 4.93. The molecule has 2 heterocycles. The average Bonchev–Trinajstić information content (AvgIpc) is 3.06. The summed E-state index contributed by atoms with van der Waals surface area (Å²) in [6.45, 7) is 1.67. The molecule has 1 aliphatic rings. The van der Waals surface area contributed by atoms with Gasteiger partial charge in [0, 0.05) is 12.6 Å². The maximum Gasteiger partial charge on any atom is 0.335 e. The zero-order valence-electron chi connectivity index (χ0n) is 14.3. The van der Waals surface area contributed by atoms with Crippen molar-refractivity contribution >= 4 is 5.97 Å². The number of rotatable bonds is 6. The second-order valence-corrected chi connectivity index (χ2v) is 6.75. The first-order chi connectivity index (χ1) is 12.1. The molecule has 0 amide bonds. The predicted molar refractivity (Wildman–Crippen MR) is 94.4 cm³/mol. The number of hydrogen-bond acceptors (Lipinski definition) is 4. The Kier molecular flexibility index (Phi) is 5.89. The maximum absolute atomic E-state index is 11.2. The summed E-state index contributed by atoms with van der Waals surface area (Å²) >= 11 is 0. The van der Waals surface area contributed by atoms with Crippen LogP contribution in [0.1, 0.15) is 59.9 Å². The van der Waals surface area contributed by atoms with Crippen LogP contribution in [0.4, 0.5) is 0 Å². The molecule has 2 aromatic rings. The Morgan fingerprint density at radius 3 is 2.88 bits per heavy atom. The molecule has 3 rings (SSSR count). The van der Waals surface area contributed by atoms with E-state index in [1.54, 1.807) is 30.5 Å². The first-order valence-corrected chi connectivity index (χ1v) is 8.91. The van der Waals surface area contributed by atoms with Crippen molar-refractivity contribution in [1.82, 2.24) is 4.90 Å². The standard InChI is InChI=1S/C20H25NO4/c22-18(19-9-5-11-25-19)13-17-8-2-1-3-10-21(17)14-15-6-4-7-16(12-15)20(23)24/h4-7,9,11-12,17-18,22H,1-3,8,10,13-14H2,(H,23,24). The quantitative estimate of drug-likeness (QED) is 0.833. The van der Waals surface area contributed by atoms with E-state index in [0.29, 0.717) is 24.3 Å². The molecule has 2 unspecified atom stereocenters. The summed E-state index contributed by atoms with van der Waals surface area (Å²) in [6, 6.07) is 11.0. The number of likely N-dealkylation sites (tertiary alicyclic amines) is 1. The SMILES string of the molecule is O=C(O)c1cccc(CN2CCCCCC2CC(O)c2ccco2)c1. The number of aliphatic hydroxyl groups excluding tert-OH is 1. The van der Waals surface area contributed by atoms with Crippen LogP contribution >= 0.6 is 0 Å². The van der Waals surface area contributed by atoms with E-state index in [1.165, 1.54) is 6.42 Å². The van der Waals surface area contributed by atoms with Crippen LogP contribution in [0.3, 0.4) is 0 Å². The normalized spacial score (nSPS) is 20.1. The van der Waals surface area contributed by atoms with E-state index < -0.39 is 12.1 Å². The maximum atomic E-state index is 11.2. The summed E-state index contributed by atoms with van der Waals surface area (Å²) in [7, 11) is 0. The molecule has 1 aliphatic heterocycles. The van der Waals surface area contributed by atoms with Crippen molar-refractivity contribution in [3.05, 3.63) is 59.5 Å². The average molecular weight is 343 g/mol. The van der Waals surface area contributed by atoms with Crippen LogP contribution in [0.2, 0.25) is 0 Å². The highest BCUT2D eigenvalue weighted by Crippen LogP contribution is 2.28. The number of aliphatic hydroxyl groups is 1. The minimum Gasteiger partial charge on any atom is -0.478 e. The van der Waals surface area contributed by atoms with E-state index in [-0.39, 0.29) is 6.04 Å². The van der Waals surface area contributed by atoms with Crippen molar-refractivity contribution in [2.45, 2.75) is 50.8 Å². The zero-order chi connectivity index (χ0) is 17.6. The van der Waals surface area contributed by atoms with E-state index in [0.717, 1.165) is 31.4 Å². The van der Waals surface area contributed by atoms with Gasteiger partial charge in [-0.1, -0.05) is 25.0 Å². The Hall–Kier alpha value is -2.11. The molecule has 1 fully saturated rings. The molecule has 0 bridgehead atoms. The molecular formula is C20H25NO4. The fourth-order valence-corrected chi connectivity index (χ4v) is 3.60. The number of nitrogens with zero attached hydrogens (tertiary/aromatic N) is 1. The summed E-state index contributed by atoms with van der Waals surface area (Å²) in [4.78, 5) is 13.6. The Balaban J connectivity index is 1.72. The molecule has 0 saturated carbocycles. The summed E-state index contributed by atoms with van der Waals surface area (Å²) in [5, 5.41) is 19.6. The first-order valence-electron chi connectivity index (χ1n) is 8.91. The summed E-state index contributed by atoms with van der Waals surface area (Å²) in [6.07, 6.45) is 6.13. The van der Waals surface area contributed by atoms with E-state index in [2.05, 4.69) is 4.90 Å². The van der Waals surface area contributed by atoms with Gasteiger partial charge in [-0.05, 0) is 55.6 Å². The number of carbonyl (C=O) groups is 1. The van der Waals surface area contributed by atoms with Gasteiger partial charge in [0.1, 0.15) is 11.9 Å². The summed E-state index contributed by atoms with van der Waals surface area (Å²) in [5.41, 5.74) is 1.32. The molecule has 5 nitrogen and oxygen atoms in total. The van der Waals surface area contributed by atoms with Gasteiger partial charge in [0.15, 0.2) is 0 Å². The third-order valence-electron chi connectivity index (χ3n) is 4.93. The predicted octanol–water partition coefficient (Wildman–Crippen LogP) is 3.85. The van der Waals surface area contributed by atoms with Crippen molar-refractivity contribution in [2.24, 2.45) is 0 Å². The highest BCUT2D eigenvalue weighted by atomic mass is 16.4. The number of carboxylic acids is 1. The number of aromatic carboxylic acids is 1. The molecule has 1 saturated heterocycles. The molecule has 2 atom stereocenters. The van der Waals surface area contributed by atoms with E-state index in [4.69, 9.17) is 4.42 Å². The Labute approximate surface area is 147 Å². The smallest absolute Gasteiger partial charge is 0.335 e. The van der Waals surface area contributed by atoms with Gasteiger partial charge in [-0.15, -0.1) is 0 Å². The van der Waals surface area contributed by atoms with Crippen molar-refractivity contribution in [2.75, 3.05) is 6.54 Å². The number of furan rings is 1. The van der Waals surface area contributed by atoms with Crippen molar-refractivity contribution in [3.8, 4) is 0 Å². The minimum absolute atomic E-state index is 0.260. The highest BCUT2D eigenvalue weighted by molar-refractivity contribution is 5.87. The fourth-order valence-electron chi connectivity index (χ4n) is 3.60. The summed E-state index contributed by atoms with van der Waals surface area (Å²) < 4.78 is 5.33. The van der Waals surface area contributed by atoms with Crippen LogP contribution in [0, 0.1) is 0 Å². The molecule has 134 valence electrons. The van der Waals surface area contributed by atoms with Gasteiger partial charge in [0.25, 0.3) is 0 Å². The Morgan fingerprint density at radius 1 is 1.24 bits per heavy atom. The van der Waals surface area contributed by atoms with E-state index in [1.807, 2.05) is 12.1 Å². The van der Waals surface area contributed by atoms with Crippen molar-refractivity contribution in [1.29, 1.82) is 0 Å². The highest BCUT2D eigenvalue weighted by Gasteiger charge is 2.25. The first kappa shape index (κ1) is 17.7. The monoisotopic (exact) mass is 343 g/mol. The third kappa shape index (κ3) is 4.71. The Bertz CT molecular complexity index is 683. The fraction of sp³-hybridized carbons (Fsp3) is 0.450. The Morgan fingerprint density at radius 2 is 2.12 bits per heavy atom. The van der Waals surface area contributed by atoms with E-state index in [9.17, 15) is 15.0 Å². The molecule has 0 radical (unpaired) electrons. The number of benzene rings is 1. The largest absolute Gasteiger partial charge is 0.478 e. The number of carboxylic acid groups (broad SMARTS) is 1. The van der Waals surface area contributed by atoms with Gasteiger partial charge in [0.2, 0.25) is 0 Å². The molecule has 2 N–H and O–H groups in total. The molecule has 25 heavy (non-hydrogen) atoms. The van der Waals surface area contributed by atoms with Gasteiger partial charge in [-0.3, -0.25) is 4.90 Å². The molecule has 5 heteroatoms. The lowest BCUT2D eigenvalue weighted by atomic mass is 10.0. The topological polar surface area (TPSA) is 73.9 Å². The lowest BCUT2D eigenvalue weighted by Crippen LogP contribution is -2.35. The number of hydrogen-bond donors (Lipinski definition) is 2. The molecular weight excluding hydrogens is 318 g/mol. The van der Waals surface area contributed by atoms with Gasteiger partial charge < -0.3 is 14.6 Å². The van der Waals surface area contributed by atoms with E-state index >= 15 is 0 Å². The van der Waals surface area contributed by atoms with Crippen molar-refractivity contribution < 1.29 is 19.4 Å². The van der Waals surface area contributed by atoms with Crippen LogP contribution in [0.15, 0.2) is 47.1 Å². The van der Waals surface area contributed by atoms with Crippen LogP contribution in [-0.2, 0) is 6.54 Å². The lowest BCUT2D eigenvalue weighted by molar-refractivity contribution is 0.0696. The molecule has 0 aliphatic carbocycles. The summed E-state index contributed by atoms with van der Waals surface area (Å²) in [5.74, 6) is -0.292.